The van der Waals surface area contributed by atoms with Gasteiger partial charge in [0.15, 0.2) is 5.13 Å². The predicted octanol–water partition coefficient (Wildman–Crippen LogP) is 4.18. The summed E-state index contributed by atoms with van der Waals surface area (Å²) in [5.41, 5.74) is 6.79. The molecule has 0 saturated carbocycles. The Balaban J connectivity index is 1.72. The zero-order valence-electron chi connectivity index (χ0n) is 20.9. The summed E-state index contributed by atoms with van der Waals surface area (Å²) in [7, 11) is 6.39. The van der Waals surface area contributed by atoms with Crippen LogP contribution < -0.4 is 5.32 Å². The summed E-state index contributed by atoms with van der Waals surface area (Å²) in [5, 5.41) is 8.21. The first-order valence-corrected chi connectivity index (χ1v) is 12.4. The molecule has 4 aromatic rings. The van der Waals surface area contributed by atoms with E-state index in [4.69, 9.17) is 14.6 Å². The number of carbonyl (C=O) groups excluding carboxylic acids is 2. The van der Waals surface area contributed by atoms with Crippen LogP contribution in [-0.2, 0) is 28.9 Å². The van der Waals surface area contributed by atoms with Crippen LogP contribution in [0.4, 0.5) is 9.93 Å². The van der Waals surface area contributed by atoms with Crippen molar-refractivity contribution < 1.29 is 19.1 Å². The van der Waals surface area contributed by atoms with Gasteiger partial charge < -0.3 is 14.4 Å². The molecule has 10 nitrogen and oxygen atoms in total. The van der Waals surface area contributed by atoms with Crippen LogP contribution in [0, 0.1) is 0 Å². The van der Waals surface area contributed by atoms with Crippen LogP contribution in [0.25, 0.3) is 27.5 Å². The SMILES string of the molecule is COCc1cc(C(=O)N(C)C)ccc1-n1nc(-c2cccnc2)c2c1-c1sc(NC(=O)OC)nc1CC2. The maximum Gasteiger partial charge on any atom is 0.413 e. The lowest BCUT2D eigenvalue weighted by Crippen LogP contribution is -2.22. The lowest BCUT2D eigenvalue weighted by Gasteiger charge is -2.17. The molecule has 1 aromatic carbocycles. The summed E-state index contributed by atoms with van der Waals surface area (Å²) in [5.74, 6) is -0.0919. The van der Waals surface area contributed by atoms with E-state index >= 15 is 0 Å². The highest BCUT2D eigenvalue weighted by Crippen LogP contribution is 2.44. The Labute approximate surface area is 217 Å². The second-order valence-electron chi connectivity index (χ2n) is 8.72. The zero-order chi connectivity index (χ0) is 26.1. The van der Waals surface area contributed by atoms with Crippen molar-refractivity contribution in [1.29, 1.82) is 0 Å². The minimum absolute atomic E-state index is 0.0919. The second kappa shape index (κ2) is 10.1. The maximum atomic E-state index is 12.7. The fraction of sp³-hybridized carbons (Fsp3) is 0.269. The number of hydrogen-bond acceptors (Lipinski definition) is 8. The zero-order valence-corrected chi connectivity index (χ0v) is 21.8. The van der Waals surface area contributed by atoms with Gasteiger partial charge in [-0.3, -0.25) is 15.1 Å². The van der Waals surface area contributed by atoms with E-state index in [2.05, 4.69) is 15.3 Å². The highest BCUT2D eigenvalue weighted by Gasteiger charge is 2.31. The quantitative estimate of drug-likeness (QED) is 0.408. The van der Waals surface area contributed by atoms with E-state index in [0.717, 1.165) is 50.8 Å². The smallest absolute Gasteiger partial charge is 0.413 e. The summed E-state index contributed by atoms with van der Waals surface area (Å²) in [6.45, 7) is 0.297. The fourth-order valence-electron chi connectivity index (χ4n) is 4.43. The van der Waals surface area contributed by atoms with Gasteiger partial charge in [0.05, 0.1) is 41.4 Å². The van der Waals surface area contributed by atoms with E-state index in [1.165, 1.54) is 18.4 Å². The number of carbonyl (C=O) groups is 2. The molecule has 5 rings (SSSR count). The van der Waals surface area contributed by atoms with E-state index in [0.29, 0.717) is 23.7 Å². The maximum absolute atomic E-state index is 12.7. The van der Waals surface area contributed by atoms with Crippen molar-refractivity contribution in [2.75, 3.05) is 33.6 Å². The van der Waals surface area contributed by atoms with Crippen molar-refractivity contribution in [2.24, 2.45) is 0 Å². The normalized spacial score (nSPS) is 12.0. The molecule has 37 heavy (non-hydrogen) atoms. The summed E-state index contributed by atoms with van der Waals surface area (Å²) in [6, 6.07) is 9.42. The predicted molar refractivity (Wildman–Crippen MR) is 140 cm³/mol. The summed E-state index contributed by atoms with van der Waals surface area (Å²) >= 11 is 1.38. The number of nitrogens with zero attached hydrogens (tertiary/aromatic N) is 5. The van der Waals surface area contributed by atoms with E-state index in [1.54, 1.807) is 44.6 Å². The average molecular weight is 519 g/mol. The number of anilines is 1. The van der Waals surface area contributed by atoms with Gasteiger partial charge in [-0.25, -0.2) is 14.5 Å². The first kappa shape index (κ1) is 24.6. The van der Waals surface area contributed by atoms with Crippen LogP contribution in [0.15, 0.2) is 42.7 Å². The van der Waals surface area contributed by atoms with Crippen LogP contribution in [0.3, 0.4) is 0 Å². The Morgan fingerprint density at radius 1 is 1.19 bits per heavy atom. The molecule has 0 atom stereocenters. The van der Waals surface area contributed by atoms with Gasteiger partial charge in [0.2, 0.25) is 0 Å². The van der Waals surface area contributed by atoms with E-state index in [1.807, 2.05) is 28.9 Å². The van der Waals surface area contributed by atoms with Crippen LogP contribution in [0.1, 0.15) is 27.2 Å². The highest BCUT2D eigenvalue weighted by molar-refractivity contribution is 7.19. The number of aryl methyl sites for hydroxylation is 1. The van der Waals surface area contributed by atoms with Gasteiger partial charge >= 0.3 is 6.09 Å². The molecule has 0 unspecified atom stereocenters. The number of thiazole rings is 1. The van der Waals surface area contributed by atoms with E-state index < -0.39 is 6.09 Å². The van der Waals surface area contributed by atoms with Crippen molar-refractivity contribution in [2.45, 2.75) is 19.4 Å². The number of ether oxygens (including phenoxy) is 2. The molecular weight excluding hydrogens is 492 g/mol. The Morgan fingerprint density at radius 3 is 2.73 bits per heavy atom. The molecule has 3 heterocycles. The number of methoxy groups -OCH3 is 2. The van der Waals surface area contributed by atoms with Gasteiger partial charge in [0, 0.05) is 55.9 Å². The molecule has 0 bridgehead atoms. The lowest BCUT2D eigenvalue weighted by atomic mass is 9.95. The van der Waals surface area contributed by atoms with E-state index in [-0.39, 0.29) is 5.91 Å². The molecule has 190 valence electrons. The van der Waals surface area contributed by atoms with Crippen LogP contribution in [0.2, 0.25) is 0 Å². The lowest BCUT2D eigenvalue weighted by molar-refractivity contribution is 0.0827. The molecule has 0 aliphatic heterocycles. The molecule has 2 amide bonds. The first-order chi connectivity index (χ1) is 17.9. The summed E-state index contributed by atoms with van der Waals surface area (Å²) < 4.78 is 12.1. The van der Waals surface area contributed by atoms with Gasteiger partial charge in [-0.2, -0.15) is 5.10 Å². The molecule has 1 aliphatic rings. The van der Waals surface area contributed by atoms with Crippen molar-refractivity contribution in [3.63, 3.8) is 0 Å². The molecule has 0 fully saturated rings. The van der Waals surface area contributed by atoms with Crippen LogP contribution in [0.5, 0.6) is 0 Å². The van der Waals surface area contributed by atoms with E-state index in [9.17, 15) is 9.59 Å². The van der Waals surface area contributed by atoms with Gasteiger partial charge in [0.25, 0.3) is 5.91 Å². The monoisotopic (exact) mass is 518 g/mol. The number of aromatic nitrogens is 4. The third kappa shape index (κ3) is 4.58. The second-order valence-corrected chi connectivity index (χ2v) is 9.72. The highest BCUT2D eigenvalue weighted by atomic mass is 32.1. The summed E-state index contributed by atoms with van der Waals surface area (Å²) in [6.07, 6.45) is 4.40. The van der Waals surface area contributed by atoms with Crippen molar-refractivity contribution in [1.82, 2.24) is 24.6 Å². The molecule has 1 N–H and O–H groups in total. The topological polar surface area (TPSA) is 111 Å². The molecule has 0 radical (unpaired) electrons. The number of hydrogen-bond donors (Lipinski definition) is 1. The molecule has 3 aromatic heterocycles. The molecule has 0 spiro atoms. The third-order valence-electron chi connectivity index (χ3n) is 6.10. The standard InChI is InChI=1S/C26H26N6O4S/c1-31(2)24(33)15-7-10-20(17(12-15)14-35-3)32-22-18(21(30-32)16-6-5-11-27-13-16)8-9-19-23(22)37-25(28-19)29-26(34)36-4/h5-7,10-13H,8-9,14H2,1-4H3,(H,28,29,34). The van der Waals surface area contributed by atoms with Gasteiger partial charge in [-0.15, -0.1) is 0 Å². The first-order valence-electron chi connectivity index (χ1n) is 11.6. The number of amides is 2. The van der Waals surface area contributed by atoms with Gasteiger partial charge in [-0.05, 0) is 43.2 Å². The average Bonchev–Trinajstić information content (AvgIpc) is 3.49. The molecule has 0 saturated heterocycles. The largest absolute Gasteiger partial charge is 0.453 e. The number of benzene rings is 1. The molecular formula is C26H26N6O4S. The number of nitrogens with one attached hydrogen (secondary N) is 1. The molecule has 11 heteroatoms. The Bertz CT molecular complexity index is 1480. The van der Waals surface area contributed by atoms with Crippen LogP contribution >= 0.6 is 11.3 Å². The number of pyridine rings is 1. The van der Waals surface area contributed by atoms with Crippen molar-refractivity contribution in [3.8, 4) is 27.5 Å². The van der Waals surface area contributed by atoms with Gasteiger partial charge in [-0.1, -0.05) is 11.3 Å². The third-order valence-corrected chi connectivity index (χ3v) is 7.12. The minimum atomic E-state index is -0.570. The Kier molecular flexibility index (Phi) is 6.72. The fourth-order valence-corrected chi connectivity index (χ4v) is 5.48. The number of rotatable bonds is 6. The number of fused-ring (bicyclic) bond motifs is 3. The van der Waals surface area contributed by atoms with Crippen molar-refractivity contribution in [3.05, 3.63) is 65.1 Å². The summed E-state index contributed by atoms with van der Waals surface area (Å²) in [4.78, 5) is 35.9. The molecule has 1 aliphatic carbocycles. The van der Waals surface area contributed by atoms with Gasteiger partial charge in [0.1, 0.15) is 0 Å². The Hall–Kier alpha value is -4.09. The minimum Gasteiger partial charge on any atom is -0.453 e. The Morgan fingerprint density at radius 2 is 2.03 bits per heavy atom. The van der Waals surface area contributed by atoms with Crippen molar-refractivity contribution >= 4 is 28.5 Å². The van der Waals surface area contributed by atoms with Crippen LogP contribution in [-0.4, -0.2) is 65.0 Å².